The fraction of sp³-hybridized carbons (Fsp3) is 0.889. The second-order valence-electron chi connectivity index (χ2n) is 9.31. The quantitative estimate of drug-likeness (QED) is 0.715. The molecule has 0 atom stereocenters. The van der Waals surface area contributed by atoms with Crippen LogP contribution in [0.2, 0.25) is 0 Å². The Hall–Kier alpha value is -1.19. The van der Waals surface area contributed by atoms with Crippen molar-refractivity contribution in [3.05, 3.63) is 0 Å². The molecule has 3 rings (SSSR count). The zero-order chi connectivity index (χ0) is 20.0. The lowest BCUT2D eigenvalue weighted by Gasteiger charge is -2.40. The highest BCUT2D eigenvalue weighted by atomic mass is 32.2. The van der Waals surface area contributed by atoms with E-state index in [4.69, 9.17) is 0 Å². The average molecular weight is 401 g/mol. The number of carbonyl (C=O) groups is 2. The van der Waals surface area contributed by atoms with E-state index in [0.717, 1.165) is 12.8 Å². The van der Waals surface area contributed by atoms with Crippen LogP contribution in [0.3, 0.4) is 0 Å². The minimum absolute atomic E-state index is 0.120. The van der Waals surface area contributed by atoms with Gasteiger partial charge < -0.3 is 5.32 Å². The highest BCUT2D eigenvalue weighted by Gasteiger charge is 2.53. The number of carbonyl (C=O) groups excluding carboxylic acids is 2. The molecule has 2 aliphatic heterocycles. The van der Waals surface area contributed by atoms with Gasteiger partial charge in [-0.25, -0.2) is 18.1 Å². The molecule has 0 aromatic carbocycles. The average Bonchev–Trinajstić information content (AvgIpc) is 2.78. The Labute approximate surface area is 162 Å². The minimum atomic E-state index is -3.19. The number of hydrogen-bond donors (Lipinski definition) is 1. The first kappa shape index (κ1) is 20.5. The molecule has 154 valence electrons. The zero-order valence-electron chi connectivity index (χ0n) is 16.8. The highest BCUT2D eigenvalue weighted by molar-refractivity contribution is 7.88. The van der Waals surface area contributed by atoms with Crippen molar-refractivity contribution in [3.8, 4) is 0 Å². The molecule has 0 radical (unpaired) electrons. The lowest BCUT2D eigenvalue weighted by Crippen LogP contribution is -2.53. The second-order valence-corrected chi connectivity index (χ2v) is 11.3. The maximum atomic E-state index is 13.1. The summed E-state index contributed by atoms with van der Waals surface area (Å²) < 4.78 is 24.7. The van der Waals surface area contributed by atoms with Crippen LogP contribution in [-0.4, -0.2) is 79.1 Å². The fourth-order valence-electron chi connectivity index (χ4n) is 4.52. The van der Waals surface area contributed by atoms with Gasteiger partial charge >= 0.3 is 6.03 Å². The van der Waals surface area contributed by atoms with Crippen molar-refractivity contribution in [1.29, 1.82) is 0 Å². The summed E-state index contributed by atoms with van der Waals surface area (Å²) in [5, 5.41) is 2.97. The van der Waals surface area contributed by atoms with Crippen molar-refractivity contribution in [3.63, 3.8) is 0 Å². The molecule has 3 amide bonds. The van der Waals surface area contributed by atoms with E-state index in [-0.39, 0.29) is 24.0 Å². The van der Waals surface area contributed by atoms with Gasteiger partial charge in [-0.3, -0.25) is 9.69 Å². The van der Waals surface area contributed by atoms with Gasteiger partial charge in [0.05, 0.1) is 12.9 Å². The van der Waals surface area contributed by atoms with Crippen LogP contribution in [0.1, 0.15) is 46.5 Å². The summed E-state index contributed by atoms with van der Waals surface area (Å²) in [6.45, 7) is 8.73. The summed E-state index contributed by atoms with van der Waals surface area (Å²) in [6, 6.07) is -0.320. The van der Waals surface area contributed by atoms with E-state index in [9.17, 15) is 18.0 Å². The number of rotatable bonds is 3. The molecule has 0 bridgehead atoms. The Morgan fingerprint density at radius 2 is 1.63 bits per heavy atom. The number of amides is 3. The van der Waals surface area contributed by atoms with E-state index >= 15 is 0 Å². The van der Waals surface area contributed by atoms with Gasteiger partial charge in [0.1, 0.15) is 5.54 Å². The maximum absolute atomic E-state index is 13.1. The zero-order valence-corrected chi connectivity index (χ0v) is 17.6. The molecule has 0 aromatic rings. The Balaban J connectivity index is 1.59. The Morgan fingerprint density at radius 1 is 1.07 bits per heavy atom. The maximum Gasteiger partial charge on any atom is 0.326 e. The molecule has 3 aliphatic rings. The van der Waals surface area contributed by atoms with E-state index in [1.54, 1.807) is 0 Å². The Morgan fingerprint density at radius 3 is 2.11 bits per heavy atom. The van der Waals surface area contributed by atoms with Crippen LogP contribution in [0.5, 0.6) is 0 Å². The summed E-state index contributed by atoms with van der Waals surface area (Å²) in [5.74, 6) is 0.441. The molecule has 0 aromatic heterocycles. The van der Waals surface area contributed by atoms with Gasteiger partial charge in [-0.1, -0.05) is 20.8 Å². The monoisotopic (exact) mass is 400 g/mol. The van der Waals surface area contributed by atoms with E-state index in [1.807, 2.05) is 4.90 Å². The summed E-state index contributed by atoms with van der Waals surface area (Å²) in [4.78, 5) is 28.8. The normalized spacial score (nSPS) is 31.6. The smallest absolute Gasteiger partial charge is 0.323 e. The molecule has 1 aliphatic carbocycles. The number of hydrogen-bond acceptors (Lipinski definition) is 5. The van der Waals surface area contributed by atoms with Gasteiger partial charge in [0, 0.05) is 26.2 Å². The lowest BCUT2D eigenvalue weighted by molar-refractivity contribution is -0.134. The number of imide groups is 1. The van der Waals surface area contributed by atoms with Crippen LogP contribution >= 0.6 is 0 Å². The molecule has 8 nitrogen and oxygen atoms in total. The van der Waals surface area contributed by atoms with Crippen molar-refractivity contribution in [2.24, 2.45) is 11.3 Å². The third-order valence-electron chi connectivity index (χ3n) is 6.45. The Kier molecular flexibility index (Phi) is 5.33. The third-order valence-corrected chi connectivity index (χ3v) is 7.75. The van der Waals surface area contributed by atoms with E-state index in [2.05, 4.69) is 26.1 Å². The fourth-order valence-corrected chi connectivity index (χ4v) is 5.35. The van der Waals surface area contributed by atoms with Gasteiger partial charge in [-0.15, -0.1) is 0 Å². The second kappa shape index (κ2) is 7.00. The number of nitrogens with zero attached hydrogens (tertiary/aromatic N) is 3. The first-order chi connectivity index (χ1) is 12.4. The molecule has 27 heavy (non-hydrogen) atoms. The first-order valence-corrected chi connectivity index (χ1v) is 11.6. The number of sulfonamides is 1. The molecule has 2 saturated heterocycles. The van der Waals surface area contributed by atoms with Crippen LogP contribution in [0.25, 0.3) is 0 Å². The topological polar surface area (TPSA) is 90.0 Å². The molecular formula is C18H32N4O4S. The van der Waals surface area contributed by atoms with Crippen molar-refractivity contribution in [2.75, 3.05) is 39.1 Å². The van der Waals surface area contributed by atoms with Crippen LogP contribution in [-0.2, 0) is 14.8 Å². The summed E-state index contributed by atoms with van der Waals surface area (Å²) in [6.07, 6.45) is 4.47. The molecule has 1 spiro atoms. The van der Waals surface area contributed by atoms with E-state index in [1.165, 1.54) is 15.5 Å². The van der Waals surface area contributed by atoms with Gasteiger partial charge in [-0.2, -0.15) is 4.31 Å². The van der Waals surface area contributed by atoms with Crippen LogP contribution in [0, 0.1) is 11.3 Å². The summed E-state index contributed by atoms with van der Waals surface area (Å²) in [5.41, 5.74) is -0.528. The molecular weight excluding hydrogens is 368 g/mol. The number of piperazine rings is 1. The van der Waals surface area contributed by atoms with E-state index < -0.39 is 15.6 Å². The van der Waals surface area contributed by atoms with Crippen LogP contribution in [0.4, 0.5) is 4.79 Å². The summed E-state index contributed by atoms with van der Waals surface area (Å²) in [7, 11) is -3.19. The lowest BCUT2D eigenvalue weighted by atomic mass is 9.67. The summed E-state index contributed by atoms with van der Waals surface area (Å²) >= 11 is 0. The minimum Gasteiger partial charge on any atom is -0.323 e. The largest absolute Gasteiger partial charge is 0.326 e. The molecule has 0 unspecified atom stereocenters. The SMILES string of the molecule is CC(C)(C)C1CCC2(CC1)NC(=O)N(CN1CCN(S(C)(=O)=O)CC1)C2=O. The molecule has 3 fully saturated rings. The predicted molar refractivity (Wildman–Crippen MR) is 102 cm³/mol. The van der Waals surface area contributed by atoms with Gasteiger partial charge in [-0.05, 0) is 37.0 Å². The first-order valence-electron chi connectivity index (χ1n) is 9.74. The molecule has 1 N–H and O–H groups in total. The molecule has 1 saturated carbocycles. The number of urea groups is 1. The molecule has 2 heterocycles. The van der Waals surface area contributed by atoms with Crippen molar-refractivity contribution < 1.29 is 18.0 Å². The van der Waals surface area contributed by atoms with Gasteiger partial charge in [0.15, 0.2) is 0 Å². The van der Waals surface area contributed by atoms with Gasteiger partial charge in [0.25, 0.3) is 5.91 Å². The van der Waals surface area contributed by atoms with Crippen LogP contribution < -0.4 is 5.32 Å². The standard InChI is InChI=1S/C18H32N4O4S/c1-17(2,3)14-5-7-18(8-6-14)15(23)22(16(24)19-18)13-20-9-11-21(12-10-20)27(4,25)26/h14H,5-13H2,1-4H3,(H,19,24). The van der Waals surface area contributed by atoms with Crippen molar-refractivity contribution >= 4 is 22.0 Å². The van der Waals surface area contributed by atoms with Crippen molar-refractivity contribution in [2.45, 2.75) is 52.0 Å². The number of nitrogens with one attached hydrogen (secondary N) is 1. The highest BCUT2D eigenvalue weighted by Crippen LogP contribution is 2.43. The van der Waals surface area contributed by atoms with Crippen LogP contribution in [0.15, 0.2) is 0 Å². The van der Waals surface area contributed by atoms with Gasteiger partial charge in [0.2, 0.25) is 10.0 Å². The third kappa shape index (κ3) is 4.14. The van der Waals surface area contributed by atoms with Crippen molar-refractivity contribution in [1.82, 2.24) is 19.4 Å². The Bertz CT molecular complexity index is 699. The molecule has 9 heteroatoms. The predicted octanol–water partition coefficient (Wildman–Crippen LogP) is 1.05. The van der Waals surface area contributed by atoms with E-state index in [0.29, 0.717) is 44.9 Å².